The van der Waals surface area contributed by atoms with Crippen molar-refractivity contribution >= 4 is 23.6 Å². The first-order valence-corrected chi connectivity index (χ1v) is 3.92. The first kappa shape index (κ1) is 7.40. The van der Waals surface area contributed by atoms with Gasteiger partial charge in [0.1, 0.15) is 0 Å². The van der Waals surface area contributed by atoms with Gasteiger partial charge in [-0.05, 0) is 0 Å². The van der Waals surface area contributed by atoms with Gasteiger partial charge in [-0.1, -0.05) is 0 Å². The molecular formula is C5H8N2O2S. The topological polar surface area (TPSA) is 72.2 Å². The Labute approximate surface area is 62.5 Å². The maximum atomic E-state index is 10.8. The second-order valence-corrected chi connectivity index (χ2v) is 3.20. The van der Waals surface area contributed by atoms with Crippen molar-refractivity contribution in [2.45, 2.75) is 11.7 Å². The Morgan fingerprint density at radius 1 is 1.90 bits per heavy atom. The van der Waals surface area contributed by atoms with Crippen molar-refractivity contribution in [3.63, 3.8) is 0 Å². The lowest BCUT2D eigenvalue weighted by Crippen LogP contribution is -2.27. The molecule has 0 aromatic rings. The molecule has 1 aliphatic rings. The van der Waals surface area contributed by atoms with Crippen molar-refractivity contribution in [3.05, 3.63) is 0 Å². The van der Waals surface area contributed by atoms with E-state index in [9.17, 15) is 9.59 Å². The van der Waals surface area contributed by atoms with Gasteiger partial charge in [-0.2, -0.15) is 0 Å². The van der Waals surface area contributed by atoms with E-state index in [2.05, 4.69) is 5.32 Å². The second-order valence-electron chi connectivity index (χ2n) is 2.01. The highest BCUT2D eigenvalue weighted by Crippen LogP contribution is 2.18. The summed E-state index contributed by atoms with van der Waals surface area (Å²) < 4.78 is 0. The van der Waals surface area contributed by atoms with E-state index in [4.69, 9.17) is 5.73 Å². The van der Waals surface area contributed by atoms with E-state index < -0.39 is 5.91 Å². The molecule has 1 fully saturated rings. The SMILES string of the molecule is NC(=O)CC1SCNC1=O. The summed E-state index contributed by atoms with van der Waals surface area (Å²) in [5.74, 6) is 0.0925. The molecule has 0 saturated carbocycles. The Morgan fingerprint density at radius 3 is 3.00 bits per heavy atom. The third-order valence-corrected chi connectivity index (χ3v) is 2.30. The lowest BCUT2D eigenvalue weighted by atomic mass is 10.3. The van der Waals surface area contributed by atoms with Crippen LogP contribution in [0.15, 0.2) is 0 Å². The lowest BCUT2D eigenvalue weighted by Gasteiger charge is -1.99. The second kappa shape index (κ2) is 2.92. The summed E-state index contributed by atoms with van der Waals surface area (Å²) in [5, 5.41) is 2.34. The highest BCUT2D eigenvalue weighted by Gasteiger charge is 2.25. The number of rotatable bonds is 2. The van der Waals surface area contributed by atoms with Gasteiger partial charge in [-0.15, -0.1) is 11.8 Å². The van der Waals surface area contributed by atoms with Gasteiger partial charge in [0.25, 0.3) is 0 Å². The standard InChI is InChI=1S/C5H8N2O2S/c6-4(8)1-3-5(9)7-2-10-3/h3H,1-2H2,(H2,6,8)(H,7,9). The number of carbonyl (C=O) groups excluding carboxylic acids is 2. The third kappa shape index (κ3) is 1.63. The van der Waals surface area contributed by atoms with Crippen LogP contribution in [-0.4, -0.2) is 22.9 Å². The molecule has 1 rings (SSSR count). The minimum Gasteiger partial charge on any atom is -0.370 e. The Morgan fingerprint density at radius 2 is 2.60 bits per heavy atom. The summed E-state index contributed by atoms with van der Waals surface area (Å²) in [5.41, 5.74) is 4.90. The predicted molar refractivity (Wildman–Crippen MR) is 38.2 cm³/mol. The monoisotopic (exact) mass is 160 g/mol. The molecule has 1 unspecified atom stereocenters. The summed E-state index contributed by atoms with van der Waals surface area (Å²) in [6.07, 6.45) is 0.149. The largest absolute Gasteiger partial charge is 0.370 e. The van der Waals surface area contributed by atoms with Crippen LogP contribution in [0.3, 0.4) is 0 Å². The van der Waals surface area contributed by atoms with E-state index in [1.807, 2.05) is 0 Å². The molecule has 1 aliphatic heterocycles. The zero-order chi connectivity index (χ0) is 7.56. The fourth-order valence-electron chi connectivity index (χ4n) is 0.737. The summed E-state index contributed by atoms with van der Waals surface area (Å²) in [7, 11) is 0. The minimum atomic E-state index is -0.422. The molecule has 56 valence electrons. The molecule has 0 aliphatic carbocycles. The molecule has 0 aromatic carbocycles. The van der Waals surface area contributed by atoms with Gasteiger partial charge in [-0.3, -0.25) is 9.59 Å². The van der Waals surface area contributed by atoms with Crippen LogP contribution in [0.25, 0.3) is 0 Å². The zero-order valence-electron chi connectivity index (χ0n) is 5.29. The molecule has 0 radical (unpaired) electrons. The molecule has 3 N–H and O–H groups in total. The summed E-state index contributed by atoms with van der Waals surface area (Å²) in [4.78, 5) is 21.1. The van der Waals surface area contributed by atoms with E-state index in [-0.39, 0.29) is 17.6 Å². The van der Waals surface area contributed by atoms with Gasteiger partial charge in [0, 0.05) is 6.42 Å². The molecule has 1 saturated heterocycles. The Kier molecular flexibility index (Phi) is 2.16. The number of carbonyl (C=O) groups is 2. The summed E-state index contributed by atoms with van der Waals surface area (Å²) in [6, 6.07) is 0. The van der Waals surface area contributed by atoms with Gasteiger partial charge >= 0.3 is 0 Å². The Hall–Kier alpha value is -0.710. The summed E-state index contributed by atoms with van der Waals surface area (Å²) in [6.45, 7) is 0. The van der Waals surface area contributed by atoms with Crippen LogP contribution < -0.4 is 11.1 Å². The average Bonchev–Trinajstić information content (AvgIpc) is 2.15. The number of amides is 2. The molecule has 10 heavy (non-hydrogen) atoms. The molecule has 1 atom stereocenters. The number of nitrogens with two attached hydrogens (primary N) is 1. The summed E-state index contributed by atoms with van der Waals surface area (Å²) >= 11 is 1.42. The van der Waals surface area contributed by atoms with Crippen LogP contribution in [0, 0.1) is 0 Å². The number of hydrogen-bond acceptors (Lipinski definition) is 3. The first-order valence-electron chi connectivity index (χ1n) is 2.88. The van der Waals surface area contributed by atoms with Crippen LogP contribution in [0.4, 0.5) is 0 Å². The molecule has 5 heteroatoms. The van der Waals surface area contributed by atoms with E-state index in [1.54, 1.807) is 0 Å². The normalized spacial score (nSPS) is 24.4. The number of primary amides is 1. The molecular weight excluding hydrogens is 152 g/mol. The average molecular weight is 160 g/mol. The van der Waals surface area contributed by atoms with Crippen molar-refractivity contribution < 1.29 is 9.59 Å². The van der Waals surface area contributed by atoms with Gasteiger partial charge in [0.15, 0.2) is 0 Å². The zero-order valence-corrected chi connectivity index (χ0v) is 6.11. The fraction of sp³-hybridized carbons (Fsp3) is 0.600. The smallest absolute Gasteiger partial charge is 0.234 e. The highest BCUT2D eigenvalue weighted by atomic mass is 32.2. The Balaban J connectivity index is 2.40. The van der Waals surface area contributed by atoms with E-state index in [0.717, 1.165) is 0 Å². The molecule has 0 aromatic heterocycles. The Bertz CT molecular complexity index is 171. The number of hydrogen-bond donors (Lipinski definition) is 2. The van der Waals surface area contributed by atoms with Crippen LogP contribution in [-0.2, 0) is 9.59 Å². The van der Waals surface area contributed by atoms with Crippen molar-refractivity contribution in [1.29, 1.82) is 0 Å². The van der Waals surface area contributed by atoms with Crippen molar-refractivity contribution in [2.24, 2.45) is 5.73 Å². The number of nitrogens with one attached hydrogen (secondary N) is 1. The van der Waals surface area contributed by atoms with Crippen molar-refractivity contribution in [3.8, 4) is 0 Å². The van der Waals surface area contributed by atoms with Gasteiger partial charge in [-0.25, -0.2) is 0 Å². The van der Waals surface area contributed by atoms with Crippen LogP contribution in [0.1, 0.15) is 6.42 Å². The highest BCUT2D eigenvalue weighted by molar-refractivity contribution is 8.01. The van der Waals surface area contributed by atoms with Crippen molar-refractivity contribution in [1.82, 2.24) is 5.32 Å². The van der Waals surface area contributed by atoms with Gasteiger partial charge in [0.05, 0.1) is 11.1 Å². The minimum absolute atomic E-state index is 0.0798. The van der Waals surface area contributed by atoms with E-state index in [1.165, 1.54) is 11.8 Å². The van der Waals surface area contributed by atoms with Crippen molar-refractivity contribution in [2.75, 3.05) is 5.88 Å². The third-order valence-electron chi connectivity index (χ3n) is 1.21. The molecule has 0 spiro atoms. The fourth-order valence-corrected chi connectivity index (χ4v) is 1.68. The maximum Gasteiger partial charge on any atom is 0.234 e. The number of thioether (sulfide) groups is 1. The molecule has 2 amide bonds. The van der Waals surface area contributed by atoms with Gasteiger partial charge < -0.3 is 11.1 Å². The molecule has 4 nitrogen and oxygen atoms in total. The van der Waals surface area contributed by atoms with E-state index in [0.29, 0.717) is 5.88 Å². The maximum absolute atomic E-state index is 10.8. The van der Waals surface area contributed by atoms with E-state index >= 15 is 0 Å². The lowest BCUT2D eigenvalue weighted by molar-refractivity contribution is -0.123. The quantitative estimate of drug-likeness (QED) is 0.547. The molecule has 1 heterocycles. The van der Waals surface area contributed by atoms with Gasteiger partial charge in [0.2, 0.25) is 11.8 Å². The predicted octanol–water partition coefficient (Wildman–Crippen LogP) is -0.949. The van der Waals surface area contributed by atoms with Crippen LogP contribution in [0.5, 0.6) is 0 Å². The van der Waals surface area contributed by atoms with Crippen LogP contribution in [0.2, 0.25) is 0 Å². The molecule has 0 bridgehead atoms. The first-order chi connectivity index (χ1) is 4.70. The van der Waals surface area contributed by atoms with Crippen LogP contribution >= 0.6 is 11.8 Å².